The smallest absolute Gasteiger partial charge is 0.168 e. The Morgan fingerprint density at radius 3 is 2.64 bits per heavy atom. The van der Waals surface area contributed by atoms with E-state index in [1.807, 2.05) is 42.5 Å². The van der Waals surface area contributed by atoms with Crippen LogP contribution in [0.5, 0.6) is 0 Å². The predicted molar refractivity (Wildman–Crippen MR) is 101 cm³/mol. The quantitative estimate of drug-likeness (QED) is 0.539. The van der Waals surface area contributed by atoms with Crippen molar-refractivity contribution in [2.24, 2.45) is 0 Å². The summed E-state index contributed by atoms with van der Waals surface area (Å²) in [5.41, 5.74) is 2.71. The lowest BCUT2D eigenvalue weighted by molar-refractivity contribution is 0.894. The average Bonchev–Trinajstić information content (AvgIpc) is 3.08. The van der Waals surface area contributed by atoms with Gasteiger partial charge in [-0.1, -0.05) is 35.9 Å². The minimum Gasteiger partial charge on any atom is -0.326 e. The van der Waals surface area contributed by atoms with Gasteiger partial charge >= 0.3 is 0 Å². The molecule has 4 rings (SSSR count). The zero-order valence-electron chi connectivity index (χ0n) is 13.7. The van der Waals surface area contributed by atoms with Gasteiger partial charge in [-0.15, -0.1) is 0 Å². The van der Waals surface area contributed by atoms with Gasteiger partial charge in [-0.3, -0.25) is 0 Å². The largest absolute Gasteiger partial charge is 0.326 e. The molecule has 25 heavy (non-hydrogen) atoms. The van der Waals surface area contributed by atoms with E-state index >= 15 is 0 Å². The number of para-hydroxylation sites is 1. The maximum Gasteiger partial charge on any atom is 0.168 e. The van der Waals surface area contributed by atoms with Crippen molar-refractivity contribution in [2.45, 2.75) is 6.92 Å². The Balaban J connectivity index is 1.87. The molecule has 2 aromatic carbocycles. The number of fused-ring (bicyclic) bond motifs is 1. The molecule has 0 unspecified atom stereocenters. The van der Waals surface area contributed by atoms with Crippen LogP contribution in [0.3, 0.4) is 0 Å². The first-order chi connectivity index (χ1) is 12.3. The standard InChI is InChI=1S/C19H16ClN5/c1-2-24(15-8-4-3-5-9-15)18-17-12-23-25(19(17)22-13-21-18)16-10-6-7-14(20)11-16/h3-13H,2H2,1H3. The second-order valence-corrected chi connectivity index (χ2v) is 5.99. The molecule has 0 spiro atoms. The molecule has 6 heteroatoms. The summed E-state index contributed by atoms with van der Waals surface area (Å²) >= 11 is 6.12. The van der Waals surface area contributed by atoms with Crippen LogP contribution in [-0.2, 0) is 0 Å². The summed E-state index contributed by atoms with van der Waals surface area (Å²) in [6.07, 6.45) is 3.38. The number of anilines is 2. The number of aromatic nitrogens is 4. The number of rotatable bonds is 4. The molecule has 0 amide bonds. The molecule has 0 bridgehead atoms. The zero-order valence-corrected chi connectivity index (χ0v) is 14.4. The molecule has 0 N–H and O–H groups in total. The molecule has 2 heterocycles. The van der Waals surface area contributed by atoms with E-state index in [1.54, 1.807) is 17.2 Å². The van der Waals surface area contributed by atoms with Gasteiger partial charge in [0.15, 0.2) is 5.65 Å². The SMILES string of the molecule is CCN(c1ccccc1)c1ncnc2c1cnn2-c1cccc(Cl)c1. The number of nitrogens with zero attached hydrogens (tertiary/aromatic N) is 5. The number of hydrogen-bond acceptors (Lipinski definition) is 4. The molecule has 0 aliphatic carbocycles. The van der Waals surface area contributed by atoms with E-state index in [9.17, 15) is 0 Å². The van der Waals surface area contributed by atoms with Crippen molar-refractivity contribution >= 4 is 34.1 Å². The van der Waals surface area contributed by atoms with Crippen LogP contribution < -0.4 is 4.90 Å². The summed E-state index contributed by atoms with van der Waals surface area (Å²) in [6.45, 7) is 2.89. The third-order valence-electron chi connectivity index (χ3n) is 4.04. The van der Waals surface area contributed by atoms with Gasteiger partial charge in [-0.2, -0.15) is 5.10 Å². The lowest BCUT2D eigenvalue weighted by Gasteiger charge is -2.22. The fraction of sp³-hybridized carbons (Fsp3) is 0.105. The topological polar surface area (TPSA) is 46.8 Å². The molecule has 0 fully saturated rings. The van der Waals surface area contributed by atoms with Crippen LogP contribution in [-0.4, -0.2) is 26.3 Å². The summed E-state index contributed by atoms with van der Waals surface area (Å²) in [6, 6.07) is 17.7. The van der Waals surface area contributed by atoms with Crippen LogP contribution in [0.2, 0.25) is 5.02 Å². The van der Waals surface area contributed by atoms with Crippen LogP contribution in [0, 0.1) is 0 Å². The third kappa shape index (κ3) is 2.83. The summed E-state index contributed by atoms with van der Waals surface area (Å²) in [4.78, 5) is 11.1. The minimum absolute atomic E-state index is 0.662. The van der Waals surface area contributed by atoms with Crippen molar-refractivity contribution in [3.05, 3.63) is 72.1 Å². The van der Waals surface area contributed by atoms with Crippen molar-refractivity contribution in [1.82, 2.24) is 19.7 Å². The van der Waals surface area contributed by atoms with Crippen LogP contribution in [0.15, 0.2) is 67.1 Å². The lowest BCUT2D eigenvalue weighted by atomic mass is 10.2. The highest BCUT2D eigenvalue weighted by atomic mass is 35.5. The van der Waals surface area contributed by atoms with Gasteiger partial charge in [0, 0.05) is 17.3 Å². The predicted octanol–water partition coefficient (Wildman–Crippen LogP) is 4.63. The third-order valence-corrected chi connectivity index (χ3v) is 4.27. The van der Waals surface area contributed by atoms with Crippen molar-refractivity contribution in [1.29, 1.82) is 0 Å². The van der Waals surface area contributed by atoms with Crippen LogP contribution in [0.25, 0.3) is 16.7 Å². The van der Waals surface area contributed by atoms with E-state index < -0.39 is 0 Å². The van der Waals surface area contributed by atoms with Crippen molar-refractivity contribution in [2.75, 3.05) is 11.4 Å². The molecular weight excluding hydrogens is 334 g/mol. The first-order valence-corrected chi connectivity index (χ1v) is 8.43. The Labute approximate surface area is 150 Å². The Morgan fingerprint density at radius 1 is 1.04 bits per heavy atom. The summed E-state index contributed by atoms with van der Waals surface area (Å²) < 4.78 is 1.78. The highest BCUT2D eigenvalue weighted by Crippen LogP contribution is 2.30. The first kappa shape index (κ1) is 15.6. The monoisotopic (exact) mass is 349 g/mol. The summed E-state index contributed by atoms with van der Waals surface area (Å²) in [5.74, 6) is 0.840. The maximum atomic E-state index is 6.12. The van der Waals surface area contributed by atoms with Gasteiger partial charge in [0.05, 0.1) is 17.3 Å². The second-order valence-electron chi connectivity index (χ2n) is 5.55. The molecule has 4 aromatic rings. The zero-order chi connectivity index (χ0) is 17.2. The maximum absolute atomic E-state index is 6.12. The number of benzene rings is 2. The highest BCUT2D eigenvalue weighted by molar-refractivity contribution is 6.30. The van der Waals surface area contributed by atoms with Gasteiger partial charge in [0.25, 0.3) is 0 Å². The molecule has 0 aliphatic heterocycles. The first-order valence-electron chi connectivity index (χ1n) is 8.05. The second kappa shape index (κ2) is 6.53. The van der Waals surface area contributed by atoms with Gasteiger partial charge in [-0.05, 0) is 37.3 Å². The molecule has 2 aromatic heterocycles. The summed E-state index contributed by atoms with van der Waals surface area (Å²) in [7, 11) is 0. The van der Waals surface area contributed by atoms with Crippen LogP contribution in [0.4, 0.5) is 11.5 Å². The molecular formula is C19H16ClN5. The van der Waals surface area contributed by atoms with E-state index in [4.69, 9.17) is 11.6 Å². The van der Waals surface area contributed by atoms with Gasteiger partial charge in [0.1, 0.15) is 12.1 Å². The van der Waals surface area contributed by atoms with Crippen molar-refractivity contribution < 1.29 is 0 Å². The molecule has 124 valence electrons. The Bertz CT molecular complexity index is 1010. The molecule has 5 nitrogen and oxygen atoms in total. The fourth-order valence-electron chi connectivity index (χ4n) is 2.91. The number of halogens is 1. The van der Waals surface area contributed by atoms with Gasteiger partial charge in [0.2, 0.25) is 0 Å². The van der Waals surface area contributed by atoms with Crippen molar-refractivity contribution in [3.8, 4) is 5.69 Å². The number of hydrogen-bond donors (Lipinski definition) is 0. The van der Waals surface area contributed by atoms with E-state index in [2.05, 4.69) is 39.0 Å². The molecule has 0 aliphatic rings. The van der Waals surface area contributed by atoms with E-state index in [-0.39, 0.29) is 0 Å². The normalized spacial score (nSPS) is 11.0. The average molecular weight is 350 g/mol. The van der Waals surface area contributed by atoms with Crippen LogP contribution in [0.1, 0.15) is 6.92 Å². The lowest BCUT2D eigenvalue weighted by Crippen LogP contribution is -2.17. The van der Waals surface area contributed by atoms with E-state index in [1.165, 1.54) is 0 Å². The van der Waals surface area contributed by atoms with Crippen molar-refractivity contribution in [3.63, 3.8) is 0 Å². The van der Waals surface area contributed by atoms with Gasteiger partial charge in [-0.25, -0.2) is 14.6 Å². The molecule has 0 radical (unpaired) electrons. The Kier molecular flexibility index (Phi) is 4.07. The fourth-order valence-corrected chi connectivity index (χ4v) is 3.09. The summed E-state index contributed by atoms with van der Waals surface area (Å²) in [5, 5.41) is 6.06. The van der Waals surface area contributed by atoms with Crippen LogP contribution >= 0.6 is 11.6 Å². The van der Waals surface area contributed by atoms with E-state index in [0.717, 1.165) is 34.8 Å². The minimum atomic E-state index is 0.662. The molecule has 0 saturated heterocycles. The molecule has 0 atom stereocenters. The Morgan fingerprint density at radius 2 is 1.88 bits per heavy atom. The molecule has 0 saturated carbocycles. The van der Waals surface area contributed by atoms with E-state index in [0.29, 0.717) is 5.02 Å². The highest BCUT2D eigenvalue weighted by Gasteiger charge is 2.16. The Hall–Kier alpha value is -2.92. The van der Waals surface area contributed by atoms with Gasteiger partial charge < -0.3 is 4.90 Å².